The molecule has 0 aliphatic carbocycles. The Morgan fingerprint density at radius 1 is 1.11 bits per heavy atom. The summed E-state index contributed by atoms with van der Waals surface area (Å²) in [5.74, 6) is -0.744. The second kappa shape index (κ2) is 5.46. The molecule has 0 radical (unpaired) electrons. The summed E-state index contributed by atoms with van der Waals surface area (Å²) in [7, 11) is 0. The molecule has 0 aromatic heterocycles. The third-order valence-electron chi connectivity index (χ3n) is 2.76. The van der Waals surface area contributed by atoms with E-state index in [1.54, 1.807) is 24.3 Å². The van der Waals surface area contributed by atoms with E-state index in [0.717, 1.165) is 0 Å². The van der Waals surface area contributed by atoms with E-state index in [9.17, 15) is 8.78 Å². The Balaban J connectivity index is 2.21. The summed E-state index contributed by atoms with van der Waals surface area (Å²) < 4.78 is 26.4. The first kappa shape index (κ1) is 13.0. The molecule has 2 aromatic carbocycles. The third kappa shape index (κ3) is 2.86. The van der Waals surface area contributed by atoms with Gasteiger partial charge in [-0.3, -0.25) is 0 Å². The minimum absolute atomic E-state index is 0.307. The van der Waals surface area contributed by atoms with Gasteiger partial charge in [-0.1, -0.05) is 35.9 Å². The van der Waals surface area contributed by atoms with Crippen LogP contribution in [0.4, 0.5) is 8.78 Å². The van der Waals surface area contributed by atoms with Gasteiger partial charge in [0, 0.05) is 16.6 Å². The van der Waals surface area contributed by atoms with Gasteiger partial charge in [-0.15, -0.1) is 0 Å². The topological polar surface area (TPSA) is 26.0 Å². The van der Waals surface area contributed by atoms with E-state index in [-0.39, 0.29) is 5.82 Å². The van der Waals surface area contributed by atoms with E-state index in [1.807, 2.05) is 0 Å². The lowest BCUT2D eigenvalue weighted by molar-refractivity contribution is 0.579. The summed E-state index contributed by atoms with van der Waals surface area (Å²) in [4.78, 5) is 0. The number of benzene rings is 2. The lowest BCUT2D eigenvalue weighted by Gasteiger charge is -2.14. The van der Waals surface area contributed by atoms with Gasteiger partial charge in [-0.25, -0.2) is 8.78 Å². The first-order valence-electron chi connectivity index (χ1n) is 5.52. The maximum absolute atomic E-state index is 13.5. The molecule has 0 saturated carbocycles. The quantitative estimate of drug-likeness (QED) is 0.898. The lowest BCUT2D eigenvalue weighted by Crippen LogP contribution is -2.15. The Bertz CT molecular complexity index is 557. The van der Waals surface area contributed by atoms with Gasteiger partial charge in [0.2, 0.25) is 0 Å². The molecule has 1 unspecified atom stereocenters. The fraction of sp³-hybridized carbons (Fsp3) is 0.143. The molecule has 2 aromatic rings. The van der Waals surface area contributed by atoms with Crippen LogP contribution in [0, 0.1) is 11.6 Å². The predicted molar refractivity (Wildman–Crippen MR) is 68.4 cm³/mol. The highest BCUT2D eigenvalue weighted by molar-refractivity contribution is 6.31. The Hall–Kier alpha value is -1.45. The van der Waals surface area contributed by atoms with Crippen LogP contribution in [0.25, 0.3) is 0 Å². The molecule has 1 nitrogen and oxygen atoms in total. The van der Waals surface area contributed by atoms with E-state index in [0.29, 0.717) is 22.6 Å². The average Bonchev–Trinajstić information content (AvgIpc) is 2.33. The molecule has 0 heterocycles. The van der Waals surface area contributed by atoms with Crippen molar-refractivity contribution in [2.75, 3.05) is 0 Å². The number of nitrogens with two attached hydrogens (primary N) is 1. The normalized spacial score (nSPS) is 12.4. The molecule has 1 atom stereocenters. The minimum atomic E-state index is -0.505. The molecule has 94 valence electrons. The van der Waals surface area contributed by atoms with Gasteiger partial charge in [0.15, 0.2) is 0 Å². The molecular formula is C14H12ClF2N. The van der Waals surface area contributed by atoms with Crippen molar-refractivity contribution < 1.29 is 8.78 Å². The van der Waals surface area contributed by atoms with Crippen LogP contribution in [0.1, 0.15) is 17.2 Å². The molecule has 0 bridgehead atoms. The van der Waals surface area contributed by atoms with Crippen LogP contribution in [-0.4, -0.2) is 0 Å². The maximum atomic E-state index is 13.5. The summed E-state index contributed by atoms with van der Waals surface area (Å²) in [6.07, 6.45) is 0.361. The van der Waals surface area contributed by atoms with E-state index in [4.69, 9.17) is 17.3 Å². The Morgan fingerprint density at radius 3 is 2.50 bits per heavy atom. The van der Waals surface area contributed by atoms with E-state index in [2.05, 4.69) is 0 Å². The van der Waals surface area contributed by atoms with Crippen LogP contribution in [0.2, 0.25) is 5.02 Å². The van der Waals surface area contributed by atoms with Crippen molar-refractivity contribution in [3.63, 3.8) is 0 Å². The van der Waals surface area contributed by atoms with Gasteiger partial charge in [0.05, 0.1) is 0 Å². The second-order valence-corrected chi connectivity index (χ2v) is 4.48. The number of hydrogen-bond acceptors (Lipinski definition) is 1. The molecule has 0 fully saturated rings. The van der Waals surface area contributed by atoms with Gasteiger partial charge in [-0.05, 0) is 30.2 Å². The third-order valence-corrected chi connectivity index (χ3v) is 3.11. The van der Waals surface area contributed by atoms with Gasteiger partial charge >= 0.3 is 0 Å². The SMILES string of the molecule is NC(Cc1ccc(F)cc1Cl)c1ccccc1F. The summed E-state index contributed by atoms with van der Waals surface area (Å²) in [6.45, 7) is 0. The molecule has 2 N–H and O–H groups in total. The molecule has 2 rings (SSSR count). The van der Waals surface area contributed by atoms with Crippen LogP contribution >= 0.6 is 11.6 Å². The van der Waals surface area contributed by atoms with E-state index in [1.165, 1.54) is 18.2 Å². The maximum Gasteiger partial charge on any atom is 0.127 e. The largest absolute Gasteiger partial charge is 0.324 e. The number of halogens is 3. The van der Waals surface area contributed by atoms with Crippen LogP contribution < -0.4 is 5.73 Å². The average molecular weight is 268 g/mol. The Morgan fingerprint density at radius 2 is 1.83 bits per heavy atom. The van der Waals surface area contributed by atoms with Gasteiger partial charge in [0.25, 0.3) is 0 Å². The molecular weight excluding hydrogens is 256 g/mol. The van der Waals surface area contributed by atoms with Crippen molar-refractivity contribution in [2.24, 2.45) is 5.73 Å². The molecule has 0 spiro atoms. The van der Waals surface area contributed by atoms with Gasteiger partial charge in [-0.2, -0.15) is 0 Å². The van der Waals surface area contributed by atoms with E-state index < -0.39 is 11.9 Å². The summed E-state index contributed by atoms with van der Waals surface area (Å²) in [6, 6.07) is 9.94. The van der Waals surface area contributed by atoms with Gasteiger partial charge < -0.3 is 5.73 Å². The highest BCUT2D eigenvalue weighted by Gasteiger charge is 2.13. The smallest absolute Gasteiger partial charge is 0.127 e. The molecule has 18 heavy (non-hydrogen) atoms. The lowest BCUT2D eigenvalue weighted by atomic mass is 9.99. The Labute approximate surface area is 109 Å². The molecule has 0 saturated heterocycles. The van der Waals surface area contributed by atoms with Crippen molar-refractivity contribution in [3.8, 4) is 0 Å². The molecule has 4 heteroatoms. The standard InChI is InChI=1S/C14H12ClF2N/c15-12-8-10(16)6-5-9(12)7-14(18)11-3-1-2-4-13(11)17/h1-6,8,14H,7,18H2. The van der Waals surface area contributed by atoms with Gasteiger partial charge in [0.1, 0.15) is 11.6 Å². The fourth-order valence-electron chi connectivity index (χ4n) is 1.81. The summed E-state index contributed by atoms with van der Waals surface area (Å²) >= 11 is 5.91. The highest BCUT2D eigenvalue weighted by atomic mass is 35.5. The van der Waals surface area contributed by atoms with Crippen LogP contribution in [0.5, 0.6) is 0 Å². The molecule has 0 aliphatic rings. The molecule has 0 amide bonds. The van der Waals surface area contributed by atoms with Crippen molar-refractivity contribution in [3.05, 3.63) is 70.2 Å². The van der Waals surface area contributed by atoms with Crippen molar-refractivity contribution in [1.82, 2.24) is 0 Å². The minimum Gasteiger partial charge on any atom is -0.324 e. The second-order valence-electron chi connectivity index (χ2n) is 4.07. The summed E-state index contributed by atoms with van der Waals surface area (Å²) in [5, 5.41) is 0.307. The van der Waals surface area contributed by atoms with Crippen LogP contribution in [-0.2, 0) is 6.42 Å². The van der Waals surface area contributed by atoms with Crippen molar-refractivity contribution in [1.29, 1.82) is 0 Å². The zero-order valence-corrected chi connectivity index (χ0v) is 10.3. The Kier molecular flexibility index (Phi) is 3.94. The van der Waals surface area contributed by atoms with Crippen molar-refractivity contribution >= 4 is 11.6 Å². The predicted octanol–water partition coefficient (Wildman–Crippen LogP) is 3.86. The zero-order chi connectivity index (χ0) is 13.1. The van der Waals surface area contributed by atoms with Crippen LogP contribution in [0.15, 0.2) is 42.5 Å². The zero-order valence-electron chi connectivity index (χ0n) is 9.54. The number of hydrogen-bond donors (Lipinski definition) is 1. The first-order chi connectivity index (χ1) is 8.58. The summed E-state index contributed by atoms with van der Waals surface area (Å²) in [5.41, 5.74) is 7.07. The number of rotatable bonds is 3. The highest BCUT2D eigenvalue weighted by Crippen LogP contribution is 2.24. The monoisotopic (exact) mass is 267 g/mol. The van der Waals surface area contributed by atoms with Crippen LogP contribution in [0.3, 0.4) is 0 Å². The molecule has 0 aliphatic heterocycles. The fourth-order valence-corrected chi connectivity index (χ4v) is 2.05. The van der Waals surface area contributed by atoms with E-state index >= 15 is 0 Å². The van der Waals surface area contributed by atoms with Crippen molar-refractivity contribution in [2.45, 2.75) is 12.5 Å². The first-order valence-corrected chi connectivity index (χ1v) is 5.89.